The van der Waals surface area contributed by atoms with E-state index in [1.165, 1.54) is 0 Å². The monoisotopic (exact) mass is 391 g/mol. The molecule has 0 rings (SSSR count). The first-order valence-electron chi connectivity index (χ1n) is 7.44. The molecule has 0 aromatic rings. The van der Waals surface area contributed by atoms with Gasteiger partial charge in [0.05, 0.1) is 32.0 Å². The quantitative estimate of drug-likeness (QED) is 0.157. The number of aliphatic hydroxyl groups excluding tert-OH is 1. The number of rotatable bonds is 12. The van der Waals surface area contributed by atoms with E-state index < -0.39 is 79.7 Å². The summed E-state index contributed by atoms with van der Waals surface area (Å²) < 4.78 is 0. The SMILES string of the molecule is NC(=O)CC(N)C(=O)NC(CC(=O)O)C(=O)NCC(=O)NC(CO)C(=O)O. The van der Waals surface area contributed by atoms with Gasteiger partial charge in [0.25, 0.3) is 0 Å². The lowest BCUT2D eigenvalue weighted by Crippen LogP contribution is -2.54. The Morgan fingerprint density at radius 2 is 1.48 bits per heavy atom. The summed E-state index contributed by atoms with van der Waals surface area (Å²) in [5, 5.41) is 32.2. The fraction of sp³-hybridized carbons (Fsp3) is 0.538. The molecule has 0 aliphatic carbocycles. The summed E-state index contributed by atoms with van der Waals surface area (Å²) in [4.78, 5) is 67.6. The number of carboxylic acids is 2. The van der Waals surface area contributed by atoms with Crippen molar-refractivity contribution in [2.75, 3.05) is 13.2 Å². The van der Waals surface area contributed by atoms with Crippen molar-refractivity contribution in [2.45, 2.75) is 31.0 Å². The maximum atomic E-state index is 12.0. The Labute approximate surface area is 152 Å². The van der Waals surface area contributed by atoms with E-state index in [2.05, 4.69) is 0 Å². The van der Waals surface area contributed by atoms with Gasteiger partial charge in [0.2, 0.25) is 23.6 Å². The molecule has 0 saturated carbocycles. The van der Waals surface area contributed by atoms with Crippen molar-refractivity contribution in [3.63, 3.8) is 0 Å². The average Bonchev–Trinajstić information content (AvgIpc) is 2.55. The molecule has 3 atom stereocenters. The fourth-order valence-corrected chi connectivity index (χ4v) is 1.69. The first-order chi connectivity index (χ1) is 12.5. The summed E-state index contributed by atoms with van der Waals surface area (Å²) >= 11 is 0. The summed E-state index contributed by atoms with van der Waals surface area (Å²) in [7, 11) is 0. The molecule has 0 aromatic carbocycles. The van der Waals surface area contributed by atoms with Crippen LogP contribution in [-0.2, 0) is 28.8 Å². The molecule has 14 nitrogen and oxygen atoms in total. The van der Waals surface area contributed by atoms with E-state index in [1.807, 2.05) is 16.0 Å². The number of carbonyl (C=O) groups is 6. The van der Waals surface area contributed by atoms with Crippen molar-refractivity contribution >= 4 is 35.6 Å². The molecule has 0 spiro atoms. The van der Waals surface area contributed by atoms with E-state index in [4.69, 9.17) is 26.8 Å². The van der Waals surface area contributed by atoms with Crippen LogP contribution in [0.2, 0.25) is 0 Å². The molecule has 10 N–H and O–H groups in total. The first-order valence-corrected chi connectivity index (χ1v) is 7.44. The Balaban J connectivity index is 4.80. The van der Waals surface area contributed by atoms with E-state index in [0.29, 0.717) is 0 Å². The zero-order chi connectivity index (χ0) is 21.1. The van der Waals surface area contributed by atoms with Gasteiger partial charge in [-0.15, -0.1) is 0 Å². The molecule has 0 fully saturated rings. The van der Waals surface area contributed by atoms with Crippen molar-refractivity contribution in [3.8, 4) is 0 Å². The zero-order valence-electron chi connectivity index (χ0n) is 14.0. The fourth-order valence-electron chi connectivity index (χ4n) is 1.69. The molecule has 0 aliphatic rings. The van der Waals surface area contributed by atoms with Crippen LogP contribution in [0.1, 0.15) is 12.8 Å². The highest BCUT2D eigenvalue weighted by atomic mass is 16.4. The van der Waals surface area contributed by atoms with Crippen molar-refractivity contribution < 1.29 is 44.1 Å². The van der Waals surface area contributed by atoms with Gasteiger partial charge in [-0.3, -0.25) is 24.0 Å². The third-order valence-corrected chi connectivity index (χ3v) is 3.01. The molecule has 0 aliphatic heterocycles. The van der Waals surface area contributed by atoms with E-state index in [1.54, 1.807) is 0 Å². The molecular weight excluding hydrogens is 370 g/mol. The van der Waals surface area contributed by atoms with E-state index in [0.717, 1.165) is 0 Å². The van der Waals surface area contributed by atoms with Crippen LogP contribution >= 0.6 is 0 Å². The van der Waals surface area contributed by atoms with Crippen molar-refractivity contribution in [1.29, 1.82) is 0 Å². The van der Waals surface area contributed by atoms with Gasteiger partial charge in [0.1, 0.15) is 12.1 Å². The molecule has 152 valence electrons. The summed E-state index contributed by atoms with van der Waals surface area (Å²) in [6, 6.07) is -4.61. The van der Waals surface area contributed by atoms with Gasteiger partial charge < -0.3 is 42.7 Å². The van der Waals surface area contributed by atoms with Gasteiger partial charge in [0, 0.05) is 0 Å². The second-order valence-corrected chi connectivity index (χ2v) is 5.29. The number of nitrogens with two attached hydrogens (primary N) is 2. The van der Waals surface area contributed by atoms with Crippen molar-refractivity contribution in [2.24, 2.45) is 11.5 Å². The number of nitrogens with one attached hydrogen (secondary N) is 3. The molecular formula is C13H21N5O9. The van der Waals surface area contributed by atoms with Gasteiger partial charge in [0.15, 0.2) is 0 Å². The van der Waals surface area contributed by atoms with Gasteiger partial charge in [-0.1, -0.05) is 0 Å². The van der Waals surface area contributed by atoms with E-state index >= 15 is 0 Å². The molecule has 4 amide bonds. The Hall–Kier alpha value is -3.26. The predicted molar refractivity (Wildman–Crippen MR) is 85.6 cm³/mol. The average molecular weight is 391 g/mol. The molecule has 0 radical (unpaired) electrons. The van der Waals surface area contributed by atoms with Crippen LogP contribution in [0.4, 0.5) is 0 Å². The lowest BCUT2D eigenvalue weighted by Gasteiger charge is -2.19. The largest absolute Gasteiger partial charge is 0.481 e. The summed E-state index contributed by atoms with van der Waals surface area (Å²) in [5.41, 5.74) is 10.3. The molecule has 3 unspecified atom stereocenters. The summed E-state index contributed by atoms with van der Waals surface area (Å²) in [5.74, 6) is -6.89. The number of aliphatic carboxylic acids is 2. The number of amides is 4. The third-order valence-electron chi connectivity index (χ3n) is 3.01. The molecule has 0 heterocycles. The topological polar surface area (TPSA) is 251 Å². The second-order valence-electron chi connectivity index (χ2n) is 5.29. The van der Waals surface area contributed by atoms with Crippen LogP contribution in [0.25, 0.3) is 0 Å². The van der Waals surface area contributed by atoms with Crippen molar-refractivity contribution in [3.05, 3.63) is 0 Å². The Morgan fingerprint density at radius 3 is 1.93 bits per heavy atom. The number of primary amides is 1. The molecule has 0 bridgehead atoms. The van der Waals surface area contributed by atoms with Gasteiger partial charge >= 0.3 is 11.9 Å². The van der Waals surface area contributed by atoms with Crippen molar-refractivity contribution in [1.82, 2.24) is 16.0 Å². The second kappa shape index (κ2) is 11.4. The highest BCUT2D eigenvalue weighted by Gasteiger charge is 2.27. The lowest BCUT2D eigenvalue weighted by atomic mass is 10.1. The highest BCUT2D eigenvalue weighted by molar-refractivity contribution is 5.95. The number of carbonyl (C=O) groups excluding carboxylic acids is 4. The Bertz CT molecular complexity index is 609. The summed E-state index contributed by atoms with van der Waals surface area (Å²) in [6.45, 7) is -1.63. The normalized spacial score (nSPS) is 13.6. The standard InChI is InChI=1S/C13H21N5O9/c14-5(1-8(15)20)11(24)18-6(2-10(22)23)12(25)16-3-9(21)17-7(4-19)13(26)27/h5-7,19H,1-4,14H2,(H2,15,20)(H,16,25)(H,17,21)(H,18,24)(H,22,23)(H,26,27). The third kappa shape index (κ3) is 9.71. The molecule has 0 saturated heterocycles. The zero-order valence-corrected chi connectivity index (χ0v) is 14.0. The van der Waals surface area contributed by atoms with Crippen LogP contribution < -0.4 is 27.4 Å². The predicted octanol–water partition coefficient (Wildman–Crippen LogP) is -5.17. The molecule has 14 heteroatoms. The molecule has 27 heavy (non-hydrogen) atoms. The van der Waals surface area contributed by atoms with Crippen LogP contribution in [0.3, 0.4) is 0 Å². The van der Waals surface area contributed by atoms with Gasteiger partial charge in [-0.25, -0.2) is 4.79 Å². The van der Waals surface area contributed by atoms with Crippen LogP contribution in [0.15, 0.2) is 0 Å². The first kappa shape index (κ1) is 23.7. The number of hydrogen-bond donors (Lipinski definition) is 8. The number of aliphatic hydroxyl groups is 1. The molecule has 0 aromatic heterocycles. The van der Waals surface area contributed by atoms with Gasteiger partial charge in [-0.2, -0.15) is 0 Å². The Kier molecular flexibility index (Phi) is 10.0. The minimum atomic E-state index is -1.62. The minimum Gasteiger partial charge on any atom is -0.481 e. The maximum absolute atomic E-state index is 12.0. The van der Waals surface area contributed by atoms with Gasteiger partial charge in [-0.05, 0) is 0 Å². The smallest absolute Gasteiger partial charge is 0.328 e. The Morgan fingerprint density at radius 1 is 0.889 bits per heavy atom. The number of carboxylic acid groups (broad SMARTS) is 2. The van der Waals surface area contributed by atoms with Crippen LogP contribution in [0, 0.1) is 0 Å². The summed E-state index contributed by atoms with van der Waals surface area (Å²) in [6.07, 6.45) is -1.38. The van der Waals surface area contributed by atoms with E-state index in [-0.39, 0.29) is 0 Å². The van der Waals surface area contributed by atoms with E-state index in [9.17, 15) is 28.8 Å². The lowest BCUT2D eigenvalue weighted by molar-refractivity contribution is -0.143. The number of hydrogen-bond acceptors (Lipinski definition) is 8. The highest BCUT2D eigenvalue weighted by Crippen LogP contribution is 1.96. The van der Waals surface area contributed by atoms with Crippen LogP contribution in [-0.4, -0.2) is 82.2 Å². The maximum Gasteiger partial charge on any atom is 0.328 e. The minimum absolute atomic E-state index is 0.534. The van der Waals surface area contributed by atoms with Crippen LogP contribution in [0.5, 0.6) is 0 Å².